The van der Waals surface area contributed by atoms with Crippen LogP contribution >= 0.6 is 0 Å². The first-order valence-electron chi connectivity index (χ1n) is 8.85. The van der Waals surface area contributed by atoms with Crippen molar-refractivity contribution in [1.82, 2.24) is 5.32 Å². The number of benzene rings is 2. The molecular formula is C20H22F3N3O3. The zero-order chi connectivity index (χ0) is 21.4. The molecule has 0 heterocycles. The Balaban J connectivity index is 1.72. The summed E-state index contributed by atoms with van der Waals surface area (Å²) in [6.07, 6.45) is -3.39. The van der Waals surface area contributed by atoms with Crippen LogP contribution in [0.3, 0.4) is 0 Å². The van der Waals surface area contributed by atoms with Gasteiger partial charge in [-0.25, -0.2) is 0 Å². The fourth-order valence-electron chi connectivity index (χ4n) is 2.46. The summed E-state index contributed by atoms with van der Waals surface area (Å²) in [5.41, 5.74) is 2.40. The second-order valence-electron chi connectivity index (χ2n) is 6.45. The summed E-state index contributed by atoms with van der Waals surface area (Å²) >= 11 is 0. The molecule has 0 saturated carbocycles. The highest BCUT2D eigenvalue weighted by molar-refractivity contribution is 6.39. The van der Waals surface area contributed by atoms with Gasteiger partial charge in [-0.1, -0.05) is 12.1 Å². The van der Waals surface area contributed by atoms with Crippen LogP contribution in [0.15, 0.2) is 48.5 Å². The normalized spacial score (nSPS) is 10.9. The number of rotatable bonds is 7. The van der Waals surface area contributed by atoms with E-state index in [0.29, 0.717) is 13.0 Å². The van der Waals surface area contributed by atoms with E-state index >= 15 is 0 Å². The van der Waals surface area contributed by atoms with Gasteiger partial charge in [-0.15, -0.1) is 13.2 Å². The fourth-order valence-corrected chi connectivity index (χ4v) is 2.46. The minimum atomic E-state index is -4.79. The number of hydrogen-bond acceptors (Lipinski definition) is 4. The minimum Gasteiger partial charge on any atom is -0.406 e. The van der Waals surface area contributed by atoms with E-state index in [4.69, 9.17) is 0 Å². The Morgan fingerprint density at radius 3 is 2.14 bits per heavy atom. The van der Waals surface area contributed by atoms with Crippen molar-refractivity contribution in [2.24, 2.45) is 0 Å². The van der Waals surface area contributed by atoms with Crippen LogP contribution in [-0.4, -0.2) is 38.8 Å². The third kappa shape index (κ3) is 7.73. The summed E-state index contributed by atoms with van der Waals surface area (Å²) in [5.74, 6) is -2.13. The van der Waals surface area contributed by atoms with E-state index in [0.717, 1.165) is 29.8 Å². The number of aryl methyl sites for hydroxylation is 1. The average Bonchev–Trinajstić information content (AvgIpc) is 2.65. The van der Waals surface area contributed by atoms with Gasteiger partial charge < -0.3 is 20.3 Å². The summed E-state index contributed by atoms with van der Waals surface area (Å²) in [7, 11) is 3.92. The fraction of sp³-hybridized carbons (Fsp3) is 0.300. The Labute approximate surface area is 166 Å². The largest absolute Gasteiger partial charge is 0.573 e. The highest BCUT2D eigenvalue weighted by atomic mass is 19.4. The van der Waals surface area contributed by atoms with Crippen LogP contribution in [-0.2, 0) is 16.0 Å². The molecular weight excluding hydrogens is 387 g/mol. The summed E-state index contributed by atoms with van der Waals surface area (Å²) in [6.45, 7) is 0.319. The Bertz CT molecular complexity index is 820. The van der Waals surface area contributed by atoms with Gasteiger partial charge >= 0.3 is 18.2 Å². The van der Waals surface area contributed by atoms with Crippen LogP contribution in [0.1, 0.15) is 12.0 Å². The predicted molar refractivity (Wildman–Crippen MR) is 104 cm³/mol. The van der Waals surface area contributed by atoms with Gasteiger partial charge in [0, 0.05) is 32.0 Å². The molecule has 0 aliphatic rings. The second kappa shape index (κ2) is 9.81. The number of carbonyl (C=O) groups is 2. The van der Waals surface area contributed by atoms with Gasteiger partial charge in [-0.2, -0.15) is 0 Å². The first kappa shape index (κ1) is 22.1. The molecule has 2 amide bonds. The SMILES string of the molecule is CN(C)c1ccc(CCCNC(=O)C(=O)Nc2ccc(OC(F)(F)F)cc2)cc1. The Kier molecular flexibility index (Phi) is 7.46. The number of carbonyl (C=O) groups excluding carboxylic acids is 2. The van der Waals surface area contributed by atoms with E-state index in [1.54, 1.807) is 0 Å². The molecule has 156 valence electrons. The van der Waals surface area contributed by atoms with Crippen molar-refractivity contribution in [1.29, 1.82) is 0 Å². The van der Waals surface area contributed by atoms with Gasteiger partial charge in [-0.3, -0.25) is 9.59 Å². The molecule has 0 atom stereocenters. The zero-order valence-electron chi connectivity index (χ0n) is 16.0. The summed E-state index contributed by atoms with van der Waals surface area (Å²) in [5, 5.41) is 4.83. The predicted octanol–water partition coefficient (Wildman–Crippen LogP) is 3.34. The molecule has 0 spiro atoms. The number of alkyl halides is 3. The lowest BCUT2D eigenvalue weighted by Crippen LogP contribution is -2.36. The maximum atomic E-state index is 12.1. The summed E-state index contributed by atoms with van der Waals surface area (Å²) < 4.78 is 40.1. The number of nitrogens with one attached hydrogen (secondary N) is 2. The maximum absolute atomic E-state index is 12.1. The Morgan fingerprint density at radius 2 is 1.59 bits per heavy atom. The standard InChI is InChI=1S/C20H22F3N3O3/c1-26(2)16-9-5-14(6-10-16)4-3-13-24-18(27)19(28)25-15-7-11-17(12-8-15)29-20(21,22)23/h5-12H,3-4,13H2,1-2H3,(H,24,27)(H,25,28). The van der Waals surface area contributed by atoms with Gasteiger partial charge in [0.15, 0.2) is 0 Å². The van der Waals surface area contributed by atoms with Crippen LogP contribution in [0.25, 0.3) is 0 Å². The first-order chi connectivity index (χ1) is 13.6. The van der Waals surface area contributed by atoms with Gasteiger partial charge in [0.05, 0.1) is 0 Å². The topological polar surface area (TPSA) is 70.7 Å². The maximum Gasteiger partial charge on any atom is 0.573 e. The van der Waals surface area contributed by atoms with Crippen molar-refractivity contribution >= 4 is 23.2 Å². The van der Waals surface area contributed by atoms with Crippen LogP contribution in [0, 0.1) is 0 Å². The minimum absolute atomic E-state index is 0.181. The van der Waals surface area contributed by atoms with Crippen molar-refractivity contribution in [3.63, 3.8) is 0 Å². The van der Waals surface area contributed by atoms with E-state index < -0.39 is 23.9 Å². The third-order valence-corrected chi connectivity index (χ3v) is 3.93. The summed E-state index contributed by atoms with van der Waals surface area (Å²) in [6, 6.07) is 12.5. The monoisotopic (exact) mass is 409 g/mol. The van der Waals surface area contributed by atoms with Crippen molar-refractivity contribution in [3.8, 4) is 5.75 Å². The molecule has 2 N–H and O–H groups in total. The molecule has 0 aromatic heterocycles. The van der Waals surface area contributed by atoms with Crippen LogP contribution in [0.2, 0.25) is 0 Å². The highest BCUT2D eigenvalue weighted by Gasteiger charge is 2.31. The molecule has 2 rings (SSSR count). The molecule has 2 aromatic carbocycles. The Hall–Kier alpha value is -3.23. The average molecular weight is 409 g/mol. The molecule has 0 aliphatic heterocycles. The van der Waals surface area contributed by atoms with Gasteiger partial charge in [0.2, 0.25) is 0 Å². The van der Waals surface area contributed by atoms with Crippen molar-refractivity contribution in [2.75, 3.05) is 30.9 Å². The number of ether oxygens (including phenoxy) is 1. The number of hydrogen-bond donors (Lipinski definition) is 2. The second-order valence-corrected chi connectivity index (χ2v) is 6.45. The first-order valence-corrected chi connectivity index (χ1v) is 8.85. The molecule has 0 aliphatic carbocycles. The van der Waals surface area contributed by atoms with E-state index in [2.05, 4.69) is 15.4 Å². The molecule has 0 fully saturated rings. The molecule has 0 saturated heterocycles. The zero-order valence-corrected chi connectivity index (χ0v) is 16.0. The van der Waals surface area contributed by atoms with Crippen LogP contribution in [0.4, 0.5) is 24.5 Å². The van der Waals surface area contributed by atoms with Crippen molar-refractivity contribution < 1.29 is 27.5 Å². The van der Waals surface area contributed by atoms with E-state index in [1.165, 1.54) is 12.1 Å². The number of anilines is 2. The molecule has 0 radical (unpaired) electrons. The van der Waals surface area contributed by atoms with Gasteiger partial charge in [0.1, 0.15) is 5.75 Å². The smallest absolute Gasteiger partial charge is 0.406 e. The lowest BCUT2D eigenvalue weighted by Gasteiger charge is -2.12. The molecule has 6 nitrogen and oxygen atoms in total. The molecule has 0 unspecified atom stereocenters. The quantitative estimate of drug-likeness (QED) is 0.544. The molecule has 29 heavy (non-hydrogen) atoms. The lowest BCUT2D eigenvalue weighted by atomic mass is 10.1. The van der Waals surface area contributed by atoms with Crippen molar-refractivity contribution in [2.45, 2.75) is 19.2 Å². The highest BCUT2D eigenvalue weighted by Crippen LogP contribution is 2.23. The van der Waals surface area contributed by atoms with Gasteiger partial charge in [0.25, 0.3) is 0 Å². The van der Waals surface area contributed by atoms with E-state index in [-0.39, 0.29) is 5.69 Å². The molecule has 2 aromatic rings. The van der Waals surface area contributed by atoms with E-state index in [1.807, 2.05) is 43.3 Å². The number of amides is 2. The van der Waals surface area contributed by atoms with Gasteiger partial charge in [-0.05, 0) is 54.8 Å². The molecule has 0 bridgehead atoms. The summed E-state index contributed by atoms with van der Waals surface area (Å²) in [4.78, 5) is 25.7. The lowest BCUT2D eigenvalue weighted by molar-refractivity contribution is -0.274. The number of nitrogens with zero attached hydrogens (tertiary/aromatic N) is 1. The van der Waals surface area contributed by atoms with Crippen LogP contribution in [0.5, 0.6) is 5.75 Å². The number of halogens is 3. The third-order valence-electron chi connectivity index (χ3n) is 3.93. The molecule has 9 heteroatoms. The Morgan fingerprint density at radius 1 is 0.966 bits per heavy atom. The van der Waals surface area contributed by atoms with E-state index in [9.17, 15) is 22.8 Å². The van der Waals surface area contributed by atoms with Crippen molar-refractivity contribution in [3.05, 3.63) is 54.1 Å². The van der Waals surface area contributed by atoms with Crippen LogP contribution < -0.4 is 20.3 Å².